The van der Waals surface area contributed by atoms with E-state index >= 15 is 0 Å². The molecule has 2 N–H and O–H groups in total. The number of rotatable bonds is 6. The molecule has 8 nitrogen and oxygen atoms in total. The van der Waals surface area contributed by atoms with Gasteiger partial charge in [-0.05, 0) is 49.8 Å². The number of phenolic OH excluding ortho intramolecular Hbond substituents is 1. The van der Waals surface area contributed by atoms with E-state index in [1.807, 2.05) is 37.8 Å². The molecule has 1 aromatic rings. The highest BCUT2D eigenvalue weighted by molar-refractivity contribution is 5.79. The maximum atomic E-state index is 13.0. The van der Waals surface area contributed by atoms with Gasteiger partial charge < -0.3 is 10.0 Å². The van der Waals surface area contributed by atoms with Crippen LogP contribution in [0.25, 0.3) is 0 Å². The minimum absolute atomic E-state index is 0.0827. The van der Waals surface area contributed by atoms with Gasteiger partial charge in [0.2, 0.25) is 5.91 Å². The lowest BCUT2D eigenvalue weighted by Gasteiger charge is -2.43. The fourth-order valence-electron chi connectivity index (χ4n) is 4.95. The average molecular weight is 447 g/mol. The van der Waals surface area contributed by atoms with Crippen molar-refractivity contribution in [2.24, 2.45) is 5.92 Å². The Hall–Kier alpha value is -2.16. The molecule has 0 bridgehead atoms. The summed E-state index contributed by atoms with van der Waals surface area (Å²) < 4.78 is 0. The number of piperidine rings is 1. The topological polar surface area (TPSA) is 87.6 Å². The van der Waals surface area contributed by atoms with E-state index < -0.39 is 0 Å². The number of hydroxylamine groups is 2. The summed E-state index contributed by atoms with van der Waals surface area (Å²) in [5.74, 6) is 0.184. The van der Waals surface area contributed by atoms with Crippen molar-refractivity contribution in [2.45, 2.75) is 46.1 Å². The smallest absolute Gasteiger partial charge is 0.259 e. The van der Waals surface area contributed by atoms with Gasteiger partial charge in [-0.3, -0.25) is 24.6 Å². The van der Waals surface area contributed by atoms with Crippen LogP contribution in [0.3, 0.4) is 0 Å². The molecule has 0 unspecified atom stereocenters. The number of carbonyl (C=O) groups is 2. The second kappa shape index (κ2) is 10.6. The molecular weight excluding hydrogens is 408 g/mol. The van der Waals surface area contributed by atoms with Gasteiger partial charge in [0.25, 0.3) is 5.91 Å². The Labute approximate surface area is 191 Å². The van der Waals surface area contributed by atoms with Crippen LogP contribution in [0.5, 0.6) is 5.75 Å². The van der Waals surface area contributed by atoms with Gasteiger partial charge in [0.15, 0.2) is 0 Å². The monoisotopic (exact) mass is 446 g/mol. The maximum Gasteiger partial charge on any atom is 0.259 e. The van der Waals surface area contributed by atoms with Crippen molar-refractivity contribution in [1.82, 2.24) is 19.8 Å². The molecule has 2 saturated heterocycles. The molecule has 0 saturated carbocycles. The fourth-order valence-corrected chi connectivity index (χ4v) is 4.95. The maximum absolute atomic E-state index is 13.0. The van der Waals surface area contributed by atoms with Crippen LogP contribution in [-0.2, 0) is 16.0 Å². The summed E-state index contributed by atoms with van der Waals surface area (Å²) in [6.45, 7) is 11.1. The Bertz CT molecular complexity index is 789. The highest BCUT2D eigenvalue weighted by atomic mass is 16.5. The van der Waals surface area contributed by atoms with Crippen molar-refractivity contribution in [1.29, 1.82) is 0 Å². The first-order chi connectivity index (χ1) is 15.2. The number of likely N-dealkylation sites (tertiary alicyclic amines) is 1. The Morgan fingerprint density at radius 2 is 1.62 bits per heavy atom. The molecule has 0 spiro atoms. The summed E-state index contributed by atoms with van der Waals surface area (Å²) in [5.41, 5.74) is 2.80. The summed E-state index contributed by atoms with van der Waals surface area (Å²) in [7, 11) is 1.36. The zero-order valence-corrected chi connectivity index (χ0v) is 19.9. The first-order valence-electron chi connectivity index (χ1n) is 11.7. The summed E-state index contributed by atoms with van der Waals surface area (Å²) in [6, 6.07) is 4.43. The van der Waals surface area contributed by atoms with Gasteiger partial charge in [0.1, 0.15) is 5.75 Å². The van der Waals surface area contributed by atoms with Crippen molar-refractivity contribution in [3.8, 4) is 5.75 Å². The minimum atomic E-state index is -0.281. The van der Waals surface area contributed by atoms with E-state index in [-0.39, 0.29) is 24.3 Å². The van der Waals surface area contributed by atoms with E-state index in [1.165, 1.54) is 7.05 Å². The molecular formula is C24H38N4O4. The summed E-state index contributed by atoms with van der Waals surface area (Å²) in [6.07, 6.45) is 2.65. The lowest BCUT2D eigenvalue weighted by atomic mass is 9.95. The molecule has 0 aromatic heterocycles. The number of hydrogen-bond acceptors (Lipinski definition) is 6. The minimum Gasteiger partial charge on any atom is -0.507 e. The van der Waals surface area contributed by atoms with Crippen LogP contribution in [0.15, 0.2) is 12.1 Å². The molecule has 178 valence electrons. The van der Waals surface area contributed by atoms with Crippen molar-refractivity contribution in [3.63, 3.8) is 0 Å². The van der Waals surface area contributed by atoms with Crippen LogP contribution in [-0.4, -0.2) is 101 Å². The number of likely N-dealkylation sites (N-methyl/N-ethyl adjacent to an activating group) is 1. The fraction of sp³-hybridized carbons (Fsp3) is 0.667. The number of piperazine rings is 1. The van der Waals surface area contributed by atoms with Gasteiger partial charge in [-0.15, -0.1) is 0 Å². The molecule has 2 heterocycles. The van der Waals surface area contributed by atoms with Crippen molar-refractivity contribution < 1.29 is 19.9 Å². The Morgan fingerprint density at radius 1 is 1.06 bits per heavy atom. The zero-order valence-electron chi connectivity index (χ0n) is 19.9. The van der Waals surface area contributed by atoms with Crippen LogP contribution >= 0.6 is 0 Å². The third-order valence-corrected chi connectivity index (χ3v) is 6.93. The Balaban J connectivity index is 1.44. The molecule has 3 rings (SSSR count). The van der Waals surface area contributed by atoms with Crippen LogP contribution in [0.2, 0.25) is 0 Å². The van der Waals surface area contributed by atoms with E-state index in [0.717, 1.165) is 68.8 Å². The summed E-state index contributed by atoms with van der Waals surface area (Å²) >= 11 is 0. The van der Waals surface area contributed by atoms with Crippen LogP contribution in [0, 0.1) is 19.8 Å². The number of aryl methyl sites for hydroxylation is 2. The SMILES string of the molecule is Cc1cc(C[C@@H](C)C(=O)N2CCC(N3CCN(CC(=O)N(C)O)CC3)CC2)cc(C)c1O. The predicted octanol–water partition coefficient (Wildman–Crippen LogP) is 1.64. The van der Waals surface area contributed by atoms with E-state index in [4.69, 9.17) is 0 Å². The van der Waals surface area contributed by atoms with Gasteiger partial charge in [-0.1, -0.05) is 19.1 Å². The van der Waals surface area contributed by atoms with Gasteiger partial charge in [-0.25, -0.2) is 5.06 Å². The summed E-state index contributed by atoms with van der Waals surface area (Å²) in [4.78, 5) is 31.3. The highest BCUT2D eigenvalue weighted by Gasteiger charge is 2.31. The van der Waals surface area contributed by atoms with Crippen molar-refractivity contribution in [3.05, 3.63) is 28.8 Å². The number of aromatic hydroxyl groups is 1. The molecule has 2 amide bonds. The van der Waals surface area contributed by atoms with Crippen molar-refractivity contribution >= 4 is 11.8 Å². The first-order valence-corrected chi connectivity index (χ1v) is 11.7. The lowest BCUT2D eigenvalue weighted by Crippen LogP contribution is -2.55. The summed E-state index contributed by atoms with van der Waals surface area (Å²) in [5, 5.41) is 19.9. The third kappa shape index (κ3) is 5.99. The number of amides is 2. The molecule has 1 aromatic carbocycles. The van der Waals surface area contributed by atoms with Crippen molar-refractivity contribution in [2.75, 3.05) is 52.9 Å². The lowest BCUT2D eigenvalue weighted by molar-refractivity contribution is -0.161. The van der Waals surface area contributed by atoms with Gasteiger partial charge in [0.05, 0.1) is 6.54 Å². The van der Waals surface area contributed by atoms with Crippen LogP contribution in [0.1, 0.15) is 36.5 Å². The quantitative estimate of drug-likeness (QED) is 0.510. The van der Waals surface area contributed by atoms with E-state index in [1.54, 1.807) is 0 Å². The molecule has 8 heteroatoms. The first kappa shape index (κ1) is 24.5. The van der Waals surface area contributed by atoms with E-state index in [9.17, 15) is 19.9 Å². The number of phenols is 1. The predicted molar refractivity (Wildman–Crippen MR) is 123 cm³/mol. The van der Waals surface area contributed by atoms with Crippen LogP contribution < -0.4 is 0 Å². The van der Waals surface area contributed by atoms with Gasteiger partial charge in [-0.2, -0.15) is 0 Å². The second-order valence-corrected chi connectivity index (χ2v) is 9.47. The molecule has 32 heavy (non-hydrogen) atoms. The van der Waals surface area contributed by atoms with E-state index in [0.29, 0.717) is 23.3 Å². The number of nitrogens with zero attached hydrogens (tertiary/aromatic N) is 4. The average Bonchev–Trinajstić information content (AvgIpc) is 2.77. The normalized spacial score (nSPS) is 19.7. The molecule has 2 aliphatic rings. The van der Waals surface area contributed by atoms with Gasteiger partial charge >= 0.3 is 0 Å². The molecule has 0 aliphatic carbocycles. The largest absolute Gasteiger partial charge is 0.507 e. The zero-order chi connectivity index (χ0) is 23.4. The molecule has 1 atom stereocenters. The highest BCUT2D eigenvalue weighted by Crippen LogP contribution is 2.25. The van der Waals surface area contributed by atoms with Gasteiger partial charge in [0, 0.05) is 58.3 Å². The van der Waals surface area contributed by atoms with Crippen LogP contribution in [0.4, 0.5) is 0 Å². The Morgan fingerprint density at radius 3 is 2.16 bits per heavy atom. The van der Waals surface area contributed by atoms with E-state index in [2.05, 4.69) is 9.80 Å². The Kier molecular flexibility index (Phi) is 8.14. The number of carbonyl (C=O) groups excluding carboxylic acids is 2. The second-order valence-electron chi connectivity index (χ2n) is 9.47. The third-order valence-electron chi connectivity index (χ3n) is 6.93. The number of hydrogen-bond donors (Lipinski definition) is 2. The molecule has 0 radical (unpaired) electrons. The number of benzene rings is 1. The standard InChI is InChI=1S/C24H38N4O4/c1-17-13-20(14-18(2)23(17)30)15-19(3)24(31)28-7-5-21(6-8-28)27-11-9-26(10-12-27)16-22(29)25(4)32/h13-14,19,21,30,32H,5-12,15-16H2,1-4H3/t19-/m1/s1. The molecule has 2 aliphatic heterocycles. The molecule has 2 fully saturated rings.